The van der Waals surface area contributed by atoms with Crippen molar-refractivity contribution < 1.29 is 9.47 Å². The van der Waals surface area contributed by atoms with Crippen LogP contribution in [0.1, 0.15) is 141 Å². The van der Waals surface area contributed by atoms with E-state index in [4.69, 9.17) is 9.47 Å². The Morgan fingerprint density at radius 2 is 1.22 bits per heavy atom. The van der Waals surface area contributed by atoms with Gasteiger partial charge in [-0.25, -0.2) is 0 Å². The van der Waals surface area contributed by atoms with E-state index in [-0.39, 0.29) is 6.10 Å². The van der Waals surface area contributed by atoms with Gasteiger partial charge in [0.05, 0.1) is 19.3 Å². The van der Waals surface area contributed by atoms with Crippen molar-refractivity contribution in [2.45, 2.75) is 148 Å². The molecule has 0 saturated carbocycles. The maximum Gasteiger partial charge on any atom is 0.0813 e. The van der Waals surface area contributed by atoms with E-state index in [0.29, 0.717) is 6.61 Å². The fourth-order valence-electron chi connectivity index (χ4n) is 5.52. The third kappa shape index (κ3) is 18.9. The van der Waals surface area contributed by atoms with Crippen LogP contribution in [0.25, 0.3) is 0 Å². The van der Waals surface area contributed by atoms with Crippen LogP contribution >= 0.6 is 0 Å². The predicted molar refractivity (Wildman–Crippen MR) is 160 cm³/mol. The Labute approximate surface area is 231 Å². The third-order valence-corrected chi connectivity index (χ3v) is 7.97. The van der Waals surface area contributed by atoms with Gasteiger partial charge in [0.2, 0.25) is 0 Å². The number of hydrogen-bond acceptors (Lipinski definition) is 3. The van der Waals surface area contributed by atoms with Gasteiger partial charge in [0.25, 0.3) is 0 Å². The SMILES string of the molecule is CCCCCCCCCCCCCCCCCCOCC(CCCN1CCCC1)OCc1ccccc1. The molecule has 1 heterocycles. The molecule has 214 valence electrons. The molecule has 0 spiro atoms. The van der Waals surface area contributed by atoms with Crippen molar-refractivity contribution in [2.75, 3.05) is 32.8 Å². The molecule has 0 amide bonds. The lowest BCUT2D eigenvalue weighted by Crippen LogP contribution is -2.25. The van der Waals surface area contributed by atoms with E-state index in [2.05, 4.69) is 42.2 Å². The highest BCUT2D eigenvalue weighted by atomic mass is 16.5. The summed E-state index contributed by atoms with van der Waals surface area (Å²) in [6.45, 7) is 8.40. The predicted octanol–water partition coefficient (Wildman–Crippen LogP) is 9.73. The molecule has 0 aromatic heterocycles. The molecule has 1 aromatic rings. The van der Waals surface area contributed by atoms with Crippen molar-refractivity contribution in [1.82, 2.24) is 4.90 Å². The summed E-state index contributed by atoms with van der Waals surface area (Å²) in [5, 5.41) is 0. The van der Waals surface area contributed by atoms with E-state index < -0.39 is 0 Å². The Hall–Kier alpha value is -0.900. The van der Waals surface area contributed by atoms with Crippen LogP contribution in [0.3, 0.4) is 0 Å². The lowest BCUT2D eigenvalue weighted by molar-refractivity contribution is -0.0308. The first-order valence-electron chi connectivity index (χ1n) is 16.3. The van der Waals surface area contributed by atoms with Crippen LogP contribution in [-0.2, 0) is 16.1 Å². The molecule has 1 atom stereocenters. The molecule has 3 heteroatoms. The number of rotatable bonds is 26. The standard InChI is InChI=1S/C34H61NO2/c1-2-3-4-5-6-7-8-9-10-11-12-13-14-15-16-22-30-36-32-34(26-23-29-35-27-20-21-28-35)37-31-33-24-18-17-19-25-33/h17-19,24-25,34H,2-16,20-23,26-32H2,1H3. The molecular formula is C34H61NO2. The van der Waals surface area contributed by atoms with Crippen LogP contribution < -0.4 is 0 Å². The molecule has 1 saturated heterocycles. The van der Waals surface area contributed by atoms with Crippen LogP contribution in [0.5, 0.6) is 0 Å². The fraction of sp³-hybridized carbons (Fsp3) is 0.824. The summed E-state index contributed by atoms with van der Waals surface area (Å²) < 4.78 is 12.4. The first kappa shape index (κ1) is 32.3. The summed E-state index contributed by atoms with van der Waals surface area (Å²) in [5.74, 6) is 0. The first-order valence-corrected chi connectivity index (χ1v) is 16.3. The van der Waals surface area contributed by atoms with Gasteiger partial charge in [0.1, 0.15) is 0 Å². The average Bonchev–Trinajstić information content (AvgIpc) is 3.45. The van der Waals surface area contributed by atoms with E-state index in [0.717, 1.165) is 19.6 Å². The van der Waals surface area contributed by atoms with Crippen LogP contribution in [-0.4, -0.2) is 43.9 Å². The smallest absolute Gasteiger partial charge is 0.0813 e. The number of benzene rings is 1. The fourth-order valence-corrected chi connectivity index (χ4v) is 5.52. The highest BCUT2D eigenvalue weighted by Gasteiger charge is 2.14. The highest BCUT2D eigenvalue weighted by Crippen LogP contribution is 2.15. The van der Waals surface area contributed by atoms with Crippen molar-refractivity contribution in [3.05, 3.63) is 35.9 Å². The zero-order valence-electron chi connectivity index (χ0n) is 24.6. The summed E-state index contributed by atoms with van der Waals surface area (Å²) in [6.07, 6.45) is 27.8. The molecule has 1 aliphatic rings. The van der Waals surface area contributed by atoms with Crippen LogP contribution in [0.15, 0.2) is 30.3 Å². The van der Waals surface area contributed by atoms with Crippen LogP contribution in [0.4, 0.5) is 0 Å². The molecule has 1 fully saturated rings. The van der Waals surface area contributed by atoms with Crippen LogP contribution in [0, 0.1) is 0 Å². The minimum Gasteiger partial charge on any atom is -0.379 e. The molecule has 0 N–H and O–H groups in total. The first-order chi connectivity index (χ1) is 18.4. The minimum atomic E-state index is 0.212. The van der Waals surface area contributed by atoms with E-state index in [9.17, 15) is 0 Å². The summed E-state index contributed by atoms with van der Waals surface area (Å²) in [6, 6.07) is 10.6. The molecule has 37 heavy (non-hydrogen) atoms. The molecule has 0 aliphatic carbocycles. The lowest BCUT2D eigenvalue weighted by atomic mass is 10.0. The lowest BCUT2D eigenvalue weighted by Gasteiger charge is -2.20. The van der Waals surface area contributed by atoms with Crippen molar-refractivity contribution >= 4 is 0 Å². The molecule has 0 bridgehead atoms. The number of likely N-dealkylation sites (tertiary alicyclic amines) is 1. The van der Waals surface area contributed by atoms with Gasteiger partial charge in [0.15, 0.2) is 0 Å². The molecular weight excluding hydrogens is 454 g/mol. The van der Waals surface area contributed by atoms with Gasteiger partial charge in [-0.15, -0.1) is 0 Å². The average molecular weight is 516 g/mol. The van der Waals surface area contributed by atoms with E-state index >= 15 is 0 Å². The maximum absolute atomic E-state index is 6.28. The van der Waals surface area contributed by atoms with Gasteiger partial charge in [0, 0.05) is 6.61 Å². The zero-order valence-corrected chi connectivity index (χ0v) is 24.6. The van der Waals surface area contributed by atoms with Gasteiger partial charge in [-0.1, -0.05) is 134 Å². The van der Waals surface area contributed by atoms with Gasteiger partial charge in [-0.2, -0.15) is 0 Å². The number of ether oxygens (including phenoxy) is 2. The van der Waals surface area contributed by atoms with Gasteiger partial charge < -0.3 is 14.4 Å². The molecule has 0 radical (unpaired) electrons. The second kappa shape index (κ2) is 24.2. The zero-order chi connectivity index (χ0) is 26.1. The second-order valence-electron chi connectivity index (χ2n) is 11.5. The summed E-state index contributed by atoms with van der Waals surface area (Å²) in [5.41, 5.74) is 1.25. The highest BCUT2D eigenvalue weighted by molar-refractivity contribution is 5.13. The second-order valence-corrected chi connectivity index (χ2v) is 11.5. The van der Waals surface area contributed by atoms with E-state index in [1.54, 1.807) is 0 Å². The largest absolute Gasteiger partial charge is 0.379 e. The van der Waals surface area contributed by atoms with Gasteiger partial charge in [-0.3, -0.25) is 0 Å². The van der Waals surface area contributed by atoms with Crippen molar-refractivity contribution in [1.29, 1.82) is 0 Å². The Morgan fingerprint density at radius 1 is 0.676 bits per heavy atom. The molecule has 2 rings (SSSR count). The van der Waals surface area contributed by atoms with Crippen molar-refractivity contribution in [3.8, 4) is 0 Å². The number of hydrogen-bond donors (Lipinski definition) is 0. The number of unbranched alkanes of at least 4 members (excludes halogenated alkanes) is 15. The molecule has 1 unspecified atom stereocenters. The van der Waals surface area contributed by atoms with E-state index in [1.807, 2.05) is 0 Å². The summed E-state index contributed by atoms with van der Waals surface area (Å²) >= 11 is 0. The normalized spacial score (nSPS) is 14.9. The van der Waals surface area contributed by atoms with E-state index in [1.165, 1.54) is 147 Å². The Balaban J connectivity index is 1.40. The molecule has 3 nitrogen and oxygen atoms in total. The Morgan fingerprint density at radius 3 is 1.78 bits per heavy atom. The van der Waals surface area contributed by atoms with Crippen molar-refractivity contribution in [3.63, 3.8) is 0 Å². The Kier molecular flexibility index (Phi) is 21.1. The molecule has 1 aliphatic heterocycles. The minimum absolute atomic E-state index is 0.212. The monoisotopic (exact) mass is 515 g/mol. The van der Waals surface area contributed by atoms with Gasteiger partial charge >= 0.3 is 0 Å². The summed E-state index contributed by atoms with van der Waals surface area (Å²) in [7, 11) is 0. The summed E-state index contributed by atoms with van der Waals surface area (Å²) in [4.78, 5) is 2.60. The maximum atomic E-state index is 6.28. The quantitative estimate of drug-likeness (QED) is 0.115. The topological polar surface area (TPSA) is 21.7 Å². The number of nitrogens with zero attached hydrogens (tertiary/aromatic N) is 1. The van der Waals surface area contributed by atoms with Crippen LogP contribution in [0.2, 0.25) is 0 Å². The van der Waals surface area contributed by atoms with Crippen molar-refractivity contribution in [2.24, 2.45) is 0 Å². The van der Waals surface area contributed by atoms with Gasteiger partial charge in [-0.05, 0) is 57.3 Å². The third-order valence-electron chi connectivity index (χ3n) is 7.97. The molecule has 1 aromatic carbocycles. The Bertz CT molecular complexity index is 587.